The lowest BCUT2D eigenvalue weighted by Crippen LogP contribution is -2.61. The van der Waals surface area contributed by atoms with Crippen LogP contribution in [0.3, 0.4) is 0 Å². The highest BCUT2D eigenvalue weighted by Crippen LogP contribution is 2.21. The summed E-state index contributed by atoms with van der Waals surface area (Å²) in [6, 6.07) is -6.51. The Labute approximate surface area is 286 Å². The number of carboxylic acids is 1. The van der Waals surface area contributed by atoms with Crippen LogP contribution in [0.4, 0.5) is 4.79 Å². The number of cyclic esters (lactones) is 1. The first-order valence-corrected chi connectivity index (χ1v) is 16.2. The van der Waals surface area contributed by atoms with Gasteiger partial charge in [-0.25, -0.2) is 14.5 Å². The van der Waals surface area contributed by atoms with Crippen molar-refractivity contribution < 1.29 is 43.4 Å². The zero-order valence-electron chi connectivity index (χ0n) is 27.4. The Balaban J connectivity index is 1.70. The van der Waals surface area contributed by atoms with Gasteiger partial charge >= 0.3 is 18.0 Å². The number of esters is 1. The minimum atomic E-state index is -1.35. The molecule has 22 heteroatoms. The van der Waals surface area contributed by atoms with Gasteiger partial charge in [-0.15, -0.1) is 0 Å². The number of hydrogen-bond acceptors (Lipinski definition) is 14. The summed E-state index contributed by atoms with van der Waals surface area (Å²) in [4.78, 5) is 119. The van der Waals surface area contributed by atoms with Gasteiger partial charge < -0.3 is 42.2 Å². The van der Waals surface area contributed by atoms with Crippen LogP contribution in [-0.4, -0.2) is 150 Å². The number of guanidine groups is 1. The van der Waals surface area contributed by atoms with E-state index in [-0.39, 0.29) is 96.9 Å². The van der Waals surface area contributed by atoms with Gasteiger partial charge in [0.15, 0.2) is 5.96 Å². The standard InChI is InChI=1S/C28H43N11O11/c29-27(30)31-7-1-3-16(22(42)35-18-6-14-50-26(18)46)34-23(43)20(15-21(40)41)37-10-12-38(13-11-37)25(45)19(5-9-33-49)39-24(44)17(36-28(39)47)4-2-8-32-48/h16-20H,1-15H2,(H,34,43)(H,35,42)(H,36,47)(H,40,41)(H4,29,30,31)/t16-,17-,18?,19-,20+/m0/s1. The zero-order valence-corrected chi connectivity index (χ0v) is 27.4. The monoisotopic (exact) mass is 709 g/mol. The Bertz CT molecular complexity index is 1330. The highest BCUT2D eigenvalue weighted by atomic mass is 16.5. The fourth-order valence-electron chi connectivity index (χ4n) is 5.89. The van der Waals surface area contributed by atoms with Crippen LogP contribution in [0, 0.1) is 9.81 Å². The number of ether oxygens (including phenoxy) is 1. The summed E-state index contributed by atoms with van der Waals surface area (Å²) in [6.07, 6.45) is 0.0173. The molecule has 3 fully saturated rings. The molecular formula is C28H43N11O11. The van der Waals surface area contributed by atoms with E-state index in [1.165, 1.54) is 9.80 Å². The van der Waals surface area contributed by atoms with E-state index in [1.54, 1.807) is 0 Å². The van der Waals surface area contributed by atoms with Crippen LogP contribution >= 0.6 is 0 Å². The van der Waals surface area contributed by atoms with Gasteiger partial charge in [0, 0.05) is 45.6 Å². The second kappa shape index (κ2) is 19.0. The van der Waals surface area contributed by atoms with Gasteiger partial charge in [0.2, 0.25) is 17.7 Å². The molecule has 0 aromatic rings. The van der Waals surface area contributed by atoms with E-state index in [9.17, 15) is 48.5 Å². The molecule has 3 saturated heterocycles. The summed E-state index contributed by atoms with van der Waals surface area (Å²) in [5.41, 5.74) is 10.7. The van der Waals surface area contributed by atoms with Crippen molar-refractivity contribution in [3.05, 3.63) is 9.81 Å². The molecular weight excluding hydrogens is 666 g/mol. The van der Waals surface area contributed by atoms with E-state index in [1.807, 2.05) is 0 Å². The highest BCUT2D eigenvalue weighted by Gasteiger charge is 2.46. The first-order valence-electron chi connectivity index (χ1n) is 16.2. The number of rotatable bonds is 20. The Morgan fingerprint density at radius 2 is 1.64 bits per heavy atom. The van der Waals surface area contributed by atoms with Crippen LogP contribution in [0.15, 0.2) is 15.3 Å². The molecule has 1 unspecified atom stereocenters. The molecule has 0 bridgehead atoms. The van der Waals surface area contributed by atoms with Crippen molar-refractivity contribution in [3.63, 3.8) is 0 Å². The lowest BCUT2D eigenvalue weighted by Gasteiger charge is -2.40. The molecule has 5 atom stereocenters. The van der Waals surface area contributed by atoms with Crippen LogP contribution in [0.2, 0.25) is 0 Å². The van der Waals surface area contributed by atoms with Crippen molar-refractivity contribution in [1.82, 2.24) is 30.7 Å². The lowest BCUT2D eigenvalue weighted by atomic mass is 10.1. The van der Waals surface area contributed by atoms with Crippen LogP contribution in [-0.2, 0) is 33.5 Å². The van der Waals surface area contributed by atoms with Crippen molar-refractivity contribution in [1.29, 1.82) is 0 Å². The van der Waals surface area contributed by atoms with E-state index < -0.39 is 78.2 Å². The van der Waals surface area contributed by atoms with Crippen molar-refractivity contribution >= 4 is 47.6 Å². The second-order valence-electron chi connectivity index (χ2n) is 11.9. The maximum Gasteiger partial charge on any atom is 0.328 e. The summed E-state index contributed by atoms with van der Waals surface area (Å²) >= 11 is 0. The fourth-order valence-corrected chi connectivity index (χ4v) is 5.89. The third-order valence-corrected chi connectivity index (χ3v) is 8.45. The second-order valence-corrected chi connectivity index (χ2v) is 11.9. The maximum absolute atomic E-state index is 13.6. The summed E-state index contributed by atoms with van der Waals surface area (Å²) in [5, 5.41) is 22.8. The average molecular weight is 710 g/mol. The summed E-state index contributed by atoms with van der Waals surface area (Å²) < 4.78 is 4.88. The van der Waals surface area contributed by atoms with E-state index >= 15 is 0 Å². The highest BCUT2D eigenvalue weighted by molar-refractivity contribution is 6.07. The number of nitrogens with zero attached hydrogens (tertiary/aromatic N) is 6. The van der Waals surface area contributed by atoms with Gasteiger partial charge in [-0.05, 0) is 25.7 Å². The van der Waals surface area contributed by atoms with E-state index in [0.717, 1.165) is 4.90 Å². The Morgan fingerprint density at radius 1 is 0.940 bits per heavy atom. The van der Waals surface area contributed by atoms with Crippen molar-refractivity contribution in [2.45, 2.75) is 75.2 Å². The first kappa shape index (κ1) is 39.2. The zero-order chi connectivity index (χ0) is 36.8. The predicted octanol–water partition coefficient (Wildman–Crippen LogP) is -3.06. The lowest BCUT2D eigenvalue weighted by molar-refractivity contribution is -0.146. The van der Waals surface area contributed by atoms with Gasteiger partial charge in [0.1, 0.15) is 24.2 Å². The van der Waals surface area contributed by atoms with Crippen LogP contribution in [0.5, 0.6) is 0 Å². The molecule has 0 saturated carbocycles. The minimum Gasteiger partial charge on any atom is -0.481 e. The smallest absolute Gasteiger partial charge is 0.328 e. The number of nitrogens with one attached hydrogen (secondary N) is 3. The molecule has 0 aromatic heterocycles. The molecule has 50 heavy (non-hydrogen) atoms. The number of carboxylic acid groups (broad SMARTS) is 1. The summed E-state index contributed by atoms with van der Waals surface area (Å²) in [5.74, 6) is -4.89. The summed E-state index contributed by atoms with van der Waals surface area (Å²) in [7, 11) is 0. The number of nitroso groups, excluding NO2 is 2. The molecule has 0 aliphatic carbocycles. The van der Waals surface area contributed by atoms with Gasteiger partial charge in [0.25, 0.3) is 5.91 Å². The molecule has 0 radical (unpaired) electrons. The molecule has 0 spiro atoms. The van der Waals surface area contributed by atoms with E-state index in [0.29, 0.717) is 0 Å². The Hall–Kier alpha value is -5.28. The van der Waals surface area contributed by atoms with Gasteiger partial charge in [0.05, 0.1) is 32.2 Å². The number of urea groups is 1. The Morgan fingerprint density at radius 3 is 2.24 bits per heavy atom. The molecule has 3 heterocycles. The summed E-state index contributed by atoms with van der Waals surface area (Å²) in [6.45, 7) is -0.219. The molecule has 6 amide bonds. The molecule has 3 rings (SSSR count). The van der Waals surface area contributed by atoms with Gasteiger partial charge in [-0.1, -0.05) is 10.4 Å². The number of imide groups is 1. The van der Waals surface area contributed by atoms with Crippen molar-refractivity contribution in [2.75, 3.05) is 52.4 Å². The largest absolute Gasteiger partial charge is 0.481 e. The average Bonchev–Trinajstić information content (AvgIpc) is 3.61. The predicted molar refractivity (Wildman–Crippen MR) is 172 cm³/mol. The first-order chi connectivity index (χ1) is 23.9. The van der Waals surface area contributed by atoms with E-state index in [2.05, 4.69) is 31.3 Å². The number of carbonyl (C=O) groups excluding carboxylic acids is 6. The Kier molecular flexibility index (Phi) is 14.9. The molecule has 8 N–H and O–H groups in total. The number of nitrogens with two attached hydrogens (primary N) is 2. The van der Waals surface area contributed by atoms with Crippen molar-refractivity contribution in [3.8, 4) is 0 Å². The molecule has 3 aliphatic rings. The number of aliphatic carboxylic acids is 1. The normalized spacial score (nSPS) is 21.0. The maximum atomic E-state index is 13.6. The topological polar surface area (TPSA) is 318 Å². The quantitative estimate of drug-likeness (QED) is 0.0183. The number of hydrogen-bond donors (Lipinski definition) is 6. The SMILES string of the molecule is NC(N)=NCCC[C@H](NC(=O)[C@@H](CC(=O)O)N1CCN(C(=O)[C@H](CCN=O)N2C(=O)N[C@@H](CCCN=O)C2=O)CC1)C(=O)NC1CCOC1=O. The fraction of sp³-hybridized carbons (Fsp3) is 0.714. The van der Waals surface area contributed by atoms with Crippen LogP contribution in [0.1, 0.15) is 44.9 Å². The molecule has 0 aromatic carbocycles. The van der Waals surface area contributed by atoms with Crippen molar-refractivity contribution in [2.24, 2.45) is 26.8 Å². The van der Waals surface area contributed by atoms with Crippen LogP contribution in [0.25, 0.3) is 0 Å². The third-order valence-electron chi connectivity index (χ3n) is 8.45. The van der Waals surface area contributed by atoms with Gasteiger partial charge in [-0.2, -0.15) is 9.81 Å². The number of aliphatic imine (C=N–C) groups is 1. The number of amides is 6. The van der Waals surface area contributed by atoms with Crippen LogP contribution < -0.4 is 27.4 Å². The molecule has 22 nitrogen and oxygen atoms in total. The molecule has 3 aliphatic heterocycles. The number of carbonyl (C=O) groups is 7. The minimum absolute atomic E-state index is 0.00644. The molecule has 276 valence electrons. The number of piperazine rings is 1. The third kappa shape index (κ3) is 10.9. The van der Waals surface area contributed by atoms with E-state index in [4.69, 9.17) is 16.2 Å². The van der Waals surface area contributed by atoms with Gasteiger partial charge in [-0.3, -0.25) is 33.9 Å².